The Morgan fingerprint density at radius 3 is 2.48 bits per heavy atom. The van der Waals surface area contributed by atoms with Crippen molar-refractivity contribution in [1.82, 2.24) is 5.32 Å². The Kier molecular flexibility index (Phi) is 9.28. The van der Waals surface area contributed by atoms with Crippen LogP contribution in [0.15, 0.2) is 59.6 Å². The molecule has 0 aliphatic rings. The number of hydrogen-bond donors (Lipinski definition) is 2. The largest absolute Gasteiger partial charge is 0.370 e. The molecule has 5 heteroatoms. The topological polar surface area (TPSA) is 50.4 Å². The second-order valence-electron chi connectivity index (χ2n) is 5.16. The highest BCUT2D eigenvalue weighted by Crippen LogP contribution is 2.06. The van der Waals surface area contributed by atoms with E-state index in [0.717, 1.165) is 31.4 Å². The lowest BCUT2D eigenvalue weighted by Crippen LogP contribution is -2.33. The van der Waals surface area contributed by atoms with Crippen LogP contribution in [0.1, 0.15) is 17.5 Å². The van der Waals surface area contributed by atoms with Crippen molar-refractivity contribution in [2.75, 3.05) is 13.1 Å². The van der Waals surface area contributed by atoms with E-state index in [-0.39, 0.29) is 29.8 Å². The minimum absolute atomic E-state index is 0. The zero-order valence-electron chi connectivity index (χ0n) is 13.0. The van der Waals surface area contributed by atoms with Crippen LogP contribution in [0.5, 0.6) is 0 Å². The molecular formula is C18H23FIN3. The van der Waals surface area contributed by atoms with E-state index in [1.165, 1.54) is 11.6 Å². The Bertz CT molecular complexity index is 602. The number of nitrogens with zero attached hydrogens (tertiary/aromatic N) is 1. The van der Waals surface area contributed by atoms with E-state index in [1.54, 1.807) is 12.1 Å². The molecule has 3 N–H and O–H groups in total. The standard InChI is InChI=1S/C18H22FN3.HI/c19-17-10-4-8-16(14-17)9-5-12-21-18(20)22-13-11-15-6-2-1-3-7-15;/h1-4,6-8,10,14H,5,9,11-13H2,(H3,20,21,22);1H. The van der Waals surface area contributed by atoms with Crippen molar-refractivity contribution in [3.8, 4) is 0 Å². The first kappa shape index (κ1) is 19.4. The van der Waals surface area contributed by atoms with E-state index in [0.29, 0.717) is 12.5 Å². The lowest BCUT2D eigenvalue weighted by molar-refractivity contribution is 0.624. The number of hydrogen-bond acceptors (Lipinski definition) is 1. The summed E-state index contributed by atoms with van der Waals surface area (Å²) in [5, 5.41) is 3.11. The first-order valence-corrected chi connectivity index (χ1v) is 7.56. The highest BCUT2D eigenvalue weighted by Gasteiger charge is 1.96. The van der Waals surface area contributed by atoms with E-state index in [2.05, 4.69) is 22.4 Å². The summed E-state index contributed by atoms with van der Waals surface area (Å²) >= 11 is 0. The van der Waals surface area contributed by atoms with Crippen LogP contribution >= 0.6 is 24.0 Å². The fourth-order valence-corrected chi connectivity index (χ4v) is 2.21. The molecule has 0 atom stereocenters. The molecule has 2 aromatic rings. The van der Waals surface area contributed by atoms with Crippen molar-refractivity contribution in [2.45, 2.75) is 19.3 Å². The van der Waals surface area contributed by atoms with Crippen molar-refractivity contribution >= 4 is 29.9 Å². The molecule has 0 saturated heterocycles. The number of guanidine groups is 1. The zero-order valence-corrected chi connectivity index (χ0v) is 15.4. The second-order valence-corrected chi connectivity index (χ2v) is 5.16. The van der Waals surface area contributed by atoms with Crippen LogP contribution in [0.2, 0.25) is 0 Å². The van der Waals surface area contributed by atoms with Gasteiger partial charge in [0.25, 0.3) is 0 Å². The maximum absolute atomic E-state index is 13.0. The van der Waals surface area contributed by atoms with Gasteiger partial charge in [0.2, 0.25) is 0 Å². The van der Waals surface area contributed by atoms with Crippen molar-refractivity contribution in [1.29, 1.82) is 0 Å². The van der Waals surface area contributed by atoms with E-state index >= 15 is 0 Å². The second kappa shape index (κ2) is 11.0. The van der Waals surface area contributed by atoms with Gasteiger partial charge in [0.1, 0.15) is 5.82 Å². The summed E-state index contributed by atoms with van der Waals surface area (Å²) in [7, 11) is 0. The van der Waals surface area contributed by atoms with Crippen LogP contribution in [0, 0.1) is 5.82 Å². The Morgan fingerprint density at radius 1 is 1.00 bits per heavy atom. The molecule has 2 aromatic carbocycles. The van der Waals surface area contributed by atoms with Gasteiger partial charge in [-0.05, 0) is 42.5 Å². The third kappa shape index (κ3) is 7.97. The molecule has 0 aromatic heterocycles. The van der Waals surface area contributed by atoms with Gasteiger partial charge in [-0.1, -0.05) is 42.5 Å². The van der Waals surface area contributed by atoms with Crippen LogP contribution < -0.4 is 11.1 Å². The summed E-state index contributed by atoms with van der Waals surface area (Å²) in [6.45, 7) is 1.41. The van der Waals surface area contributed by atoms with Gasteiger partial charge in [0, 0.05) is 13.1 Å². The highest BCUT2D eigenvalue weighted by molar-refractivity contribution is 14.0. The van der Waals surface area contributed by atoms with Crippen molar-refractivity contribution < 1.29 is 4.39 Å². The highest BCUT2D eigenvalue weighted by atomic mass is 127. The number of aryl methyl sites for hydroxylation is 1. The average Bonchev–Trinajstić information content (AvgIpc) is 2.53. The zero-order chi connectivity index (χ0) is 15.6. The molecule has 0 fully saturated rings. The van der Waals surface area contributed by atoms with Crippen LogP contribution in [0.3, 0.4) is 0 Å². The van der Waals surface area contributed by atoms with Crippen molar-refractivity contribution in [3.05, 3.63) is 71.5 Å². The number of nitrogens with two attached hydrogens (primary N) is 1. The van der Waals surface area contributed by atoms with Gasteiger partial charge in [-0.3, -0.25) is 4.99 Å². The number of halogens is 2. The molecule has 0 aliphatic heterocycles. The lowest BCUT2D eigenvalue weighted by Gasteiger charge is -2.06. The quantitative estimate of drug-likeness (QED) is 0.308. The fraction of sp³-hybridized carbons (Fsp3) is 0.278. The third-order valence-electron chi connectivity index (χ3n) is 3.36. The van der Waals surface area contributed by atoms with Crippen LogP contribution in [0.25, 0.3) is 0 Å². The molecule has 0 amide bonds. The lowest BCUT2D eigenvalue weighted by atomic mass is 10.1. The van der Waals surface area contributed by atoms with Gasteiger partial charge in [-0.2, -0.15) is 0 Å². The number of aliphatic imine (C=N–C) groups is 1. The Labute approximate surface area is 154 Å². The van der Waals surface area contributed by atoms with Crippen LogP contribution in [0.4, 0.5) is 4.39 Å². The minimum atomic E-state index is -0.192. The molecule has 0 bridgehead atoms. The molecule has 0 heterocycles. The van der Waals surface area contributed by atoms with Crippen LogP contribution in [-0.2, 0) is 12.8 Å². The monoisotopic (exact) mass is 427 g/mol. The predicted octanol–water partition coefficient (Wildman–Crippen LogP) is 3.52. The maximum Gasteiger partial charge on any atom is 0.188 e. The molecule has 0 aliphatic carbocycles. The summed E-state index contributed by atoms with van der Waals surface area (Å²) < 4.78 is 13.0. The summed E-state index contributed by atoms with van der Waals surface area (Å²) in [6, 6.07) is 16.9. The molecule has 0 radical (unpaired) electrons. The first-order valence-electron chi connectivity index (χ1n) is 7.56. The van der Waals surface area contributed by atoms with E-state index in [4.69, 9.17) is 5.73 Å². The molecular weight excluding hydrogens is 404 g/mol. The predicted molar refractivity (Wildman–Crippen MR) is 105 cm³/mol. The van der Waals surface area contributed by atoms with Gasteiger partial charge in [-0.25, -0.2) is 4.39 Å². The molecule has 0 saturated carbocycles. The number of nitrogens with one attached hydrogen (secondary N) is 1. The minimum Gasteiger partial charge on any atom is -0.370 e. The normalized spacial score (nSPS) is 10.9. The van der Waals surface area contributed by atoms with Crippen molar-refractivity contribution in [3.63, 3.8) is 0 Å². The Balaban J connectivity index is 0.00000264. The first-order chi connectivity index (χ1) is 10.7. The molecule has 0 spiro atoms. The third-order valence-corrected chi connectivity index (χ3v) is 3.36. The van der Waals surface area contributed by atoms with Gasteiger partial charge in [-0.15, -0.1) is 24.0 Å². The summed E-state index contributed by atoms with van der Waals surface area (Å²) in [6.07, 6.45) is 2.57. The Hall–Kier alpha value is -1.63. The van der Waals surface area contributed by atoms with Crippen LogP contribution in [-0.4, -0.2) is 19.0 Å². The summed E-state index contributed by atoms with van der Waals surface area (Å²) in [5.41, 5.74) is 8.08. The molecule has 3 nitrogen and oxygen atoms in total. The SMILES string of the molecule is I.NC(=NCCCc1cccc(F)c1)NCCc1ccccc1. The smallest absolute Gasteiger partial charge is 0.188 e. The average molecular weight is 427 g/mol. The fourth-order valence-electron chi connectivity index (χ4n) is 2.21. The van der Waals surface area contributed by atoms with E-state index in [1.807, 2.05) is 24.3 Å². The van der Waals surface area contributed by atoms with E-state index in [9.17, 15) is 4.39 Å². The molecule has 0 unspecified atom stereocenters. The number of rotatable bonds is 7. The molecule has 23 heavy (non-hydrogen) atoms. The Morgan fingerprint density at radius 2 is 1.74 bits per heavy atom. The summed E-state index contributed by atoms with van der Waals surface area (Å²) in [4.78, 5) is 4.28. The van der Waals surface area contributed by atoms with Gasteiger partial charge < -0.3 is 11.1 Å². The van der Waals surface area contributed by atoms with Crippen molar-refractivity contribution in [2.24, 2.45) is 10.7 Å². The molecule has 124 valence electrons. The maximum atomic E-state index is 13.0. The molecule has 2 rings (SSSR count). The summed E-state index contributed by atoms with van der Waals surface area (Å²) in [5.74, 6) is 0.276. The van der Waals surface area contributed by atoms with Gasteiger partial charge in [0.15, 0.2) is 5.96 Å². The van der Waals surface area contributed by atoms with Gasteiger partial charge in [0.05, 0.1) is 0 Å². The van der Waals surface area contributed by atoms with Gasteiger partial charge >= 0.3 is 0 Å². The number of benzene rings is 2. The van der Waals surface area contributed by atoms with E-state index < -0.39 is 0 Å².